The van der Waals surface area contributed by atoms with Gasteiger partial charge in [-0.3, -0.25) is 4.79 Å². The number of ether oxygens (including phenoxy) is 5. The summed E-state index contributed by atoms with van der Waals surface area (Å²) in [6.07, 6.45) is 12.3. The summed E-state index contributed by atoms with van der Waals surface area (Å²) in [7, 11) is -7.12. The minimum absolute atomic E-state index is 0.0112. The highest BCUT2D eigenvalue weighted by atomic mass is 28.4. The van der Waals surface area contributed by atoms with E-state index < -0.39 is 49.4 Å². The number of rotatable bonds is 22. The first-order chi connectivity index (χ1) is 34.5. The molecule has 3 unspecified atom stereocenters. The van der Waals surface area contributed by atoms with E-state index in [4.69, 9.17) is 37.0 Å². The first kappa shape index (κ1) is 64.7. The normalized spacial score (nSPS) is 36.2. The topological polar surface area (TPSA) is 111 Å². The molecule has 5 rings (SSSR count). The second kappa shape index (κ2) is 25.8. The van der Waals surface area contributed by atoms with E-state index in [0.717, 1.165) is 68.9 Å². The van der Waals surface area contributed by atoms with Gasteiger partial charge in [-0.15, -0.1) is 6.58 Å². The van der Waals surface area contributed by atoms with E-state index in [9.17, 15) is 9.90 Å². The predicted molar refractivity (Wildman–Crippen MR) is 316 cm³/mol. The predicted octanol–water partition coefficient (Wildman–Crippen LogP) is 15.0. The van der Waals surface area contributed by atoms with Crippen molar-refractivity contribution in [2.45, 2.75) is 314 Å². The molecule has 0 aromatic heterocycles. The number of hydrogen-bond donors (Lipinski definition) is 1. The molecule has 0 aliphatic carbocycles. The molecule has 5 fully saturated rings. The number of ketones is 1. The zero-order valence-electron chi connectivity index (χ0n) is 51.4. The smallest absolute Gasteiger partial charge is 0.193 e. The standard InChI is InChI=1S/C62H112O10Si3/c1-24-26-28-50-43(7)57(71-74(20,21)61(12,13)14)59(72-75(22,23)62(15,16)17)58(69-50)51(70-73(18,19)60(9,10)11)33-30-45(63)29-31-46-36-40(4)49(65-46)34-32-47-35-39(3)42(6)52(66-47)38-53-55(64)44(8)56-54(67-53)37-41(5)48(68-56)27-25-2/h24,30,33,39,41,43-44,46-59,64H,1,4,6,25-29,31-32,34-38H2,2-3,5,7-23H3/b33-30+/t39-,41?,43+,44-,46+,47+,48-,49?,50+,51+,52-,53?,54+,55-,56+,57+,58+,59+/m1/s1. The summed E-state index contributed by atoms with van der Waals surface area (Å²) in [6.45, 7) is 58.5. The van der Waals surface area contributed by atoms with Crippen LogP contribution in [-0.2, 0) is 41.8 Å². The largest absolute Gasteiger partial charge is 0.411 e. The van der Waals surface area contributed by atoms with Crippen molar-refractivity contribution < 1.29 is 46.9 Å². The number of carbonyl (C=O) groups excluding carboxylic acids is 1. The number of aliphatic hydroxyl groups is 1. The second-order valence-electron chi connectivity index (χ2n) is 28.8. The average Bonchev–Trinajstić information content (AvgIpc) is 3.65. The van der Waals surface area contributed by atoms with Crippen LogP contribution in [0.15, 0.2) is 49.1 Å². The maximum atomic E-state index is 14.1. The zero-order chi connectivity index (χ0) is 56.4. The Kier molecular flexibility index (Phi) is 22.3. The van der Waals surface area contributed by atoms with Crippen molar-refractivity contribution in [3.05, 3.63) is 49.1 Å². The van der Waals surface area contributed by atoms with E-state index in [2.05, 4.69) is 156 Å². The molecule has 0 spiro atoms. The fraction of sp³-hybridized carbons (Fsp3) is 0.855. The second-order valence-corrected chi connectivity index (χ2v) is 43.1. The molecule has 1 N–H and O–H groups in total. The fourth-order valence-corrected chi connectivity index (χ4v) is 15.3. The van der Waals surface area contributed by atoms with Crippen LogP contribution in [0, 0.1) is 23.7 Å². The summed E-state index contributed by atoms with van der Waals surface area (Å²) in [5.74, 6) is 0.799. The first-order valence-corrected chi connectivity index (χ1v) is 38.4. The van der Waals surface area contributed by atoms with Gasteiger partial charge in [-0.05, 0) is 141 Å². The summed E-state index contributed by atoms with van der Waals surface area (Å²) >= 11 is 0. The van der Waals surface area contributed by atoms with E-state index in [0.29, 0.717) is 31.1 Å². The highest BCUT2D eigenvalue weighted by Gasteiger charge is 2.56. The molecule has 5 aliphatic rings. The van der Waals surface area contributed by atoms with Crippen molar-refractivity contribution in [3.63, 3.8) is 0 Å². The lowest BCUT2D eigenvalue weighted by Crippen LogP contribution is -2.65. The average molecular weight is 1100 g/mol. The highest BCUT2D eigenvalue weighted by molar-refractivity contribution is 6.75. The van der Waals surface area contributed by atoms with Crippen LogP contribution in [0.1, 0.15) is 174 Å². The Balaban J connectivity index is 1.27. The Morgan fingerprint density at radius 3 is 1.89 bits per heavy atom. The summed E-state index contributed by atoms with van der Waals surface area (Å²) in [5.41, 5.74) is 2.17. The lowest BCUT2D eigenvalue weighted by atomic mass is 9.78. The van der Waals surface area contributed by atoms with Gasteiger partial charge >= 0.3 is 0 Å². The molecule has 432 valence electrons. The number of allylic oxidation sites excluding steroid dienone is 2. The molecule has 0 radical (unpaired) electrons. The van der Waals surface area contributed by atoms with Crippen molar-refractivity contribution in [2.75, 3.05) is 0 Å². The van der Waals surface area contributed by atoms with Crippen LogP contribution < -0.4 is 0 Å². The minimum Gasteiger partial charge on any atom is -0.411 e. The summed E-state index contributed by atoms with van der Waals surface area (Å²) in [4.78, 5) is 14.1. The number of carbonyl (C=O) groups is 1. The molecule has 0 aromatic rings. The van der Waals surface area contributed by atoms with Crippen LogP contribution in [0.2, 0.25) is 54.4 Å². The van der Waals surface area contributed by atoms with Crippen molar-refractivity contribution in [3.8, 4) is 0 Å². The van der Waals surface area contributed by atoms with Gasteiger partial charge in [-0.1, -0.05) is 129 Å². The molecule has 0 amide bonds. The maximum Gasteiger partial charge on any atom is 0.193 e. The molecule has 5 saturated heterocycles. The van der Waals surface area contributed by atoms with Crippen molar-refractivity contribution in [2.24, 2.45) is 23.7 Å². The van der Waals surface area contributed by atoms with Crippen molar-refractivity contribution >= 4 is 30.7 Å². The van der Waals surface area contributed by atoms with Gasteiger partial charge < -0.3 is 42.1 Å². The summed E-state index contributed by atoms with van der Waals surface area (Å²) in [6, 6.07) is 0. The van der Waals surface area contributed by atoms with Crippen LogP contribution in [0.5, 0.6) is 0 Å². The highest BCUT2D eigenvalue weighted by Crippen LogP contribution is 2.48. The van der Waals surface area contributed by atoms with Crippen LogP contribution in [0.4, 0.5) is 0 Å². The molecule has 0 aromatic carbocycles. The third-order valence-electron chi connectivity index (χ3n) is 19.8. The Hall–Kier alpha value is -1.08. The van der Waals surface area contributed by atoms with Gasteiger partial charge in [0, 0.05) is 24.7 Å². The first-order valence-electron chi connectivity index (χ1n) is 29.7. The van der Waals surface area contributed by atoms with Gasteiger partial charge in [0.2, 0.25) is 0 Å². The molecule has 5 aliphatic heterocycles. The van der Waals surface area contributed by atoms with Crippen LogP contribution >= 0.6 is 0 Å². The molecular weight excluding hydrogens is 989 g/mol. The Morgan fingerprint density at radius 1 is 0.707 bits per heavy atom. The van der Waals surface area contributed by atoms with Crippen LogP contribution in [-0.4, -0.2) is 121 Å². The molecular formula is C62H112O10Si3. The molecule has 10 nitrogen and oxygen atoms in total. The SMILES string of the molecule is C=CCC[C@@H]1O[C@@H]([C@H](/C=C/C(=O)CC[C@H]2CC(=C)C(CC[C@H]3C[C@@H](C)C(=C)[C@@H](CC4O[C@H]5CC(C)[C@@H](CCC)O[C@H]5[C@H](C)[C@H]4O)O3)O2)O[Si](C)(C)C(C)(C)C)[C@@H](O[Si](C)(C)C(C)(C)C)[C@@H](O[Si](C)(C)C(C)(C)C)[C@H]1C. The maximum absolute atomic E-state index is 14.1. The molecule has 13 heteroatoms. The van der Waals surface area contributed by atoms with E-state index >= 15 is 0 Å². The quantitative estimate of drug-likeness (QED) is 0.0639. The fourth-order valence-electron chi connectivity index (χ4n) is 11.4. The monoisotopic (exact) mass is 1100 g/mol. The Morgan fingerprint density at radius 2 is 1.31 bits per heavy atom. The lowest BCUT2D eigenvalue weighted by Gasteiger charge is -2.54. The van der Waals surface area contributed by atoms with Gasteiger partial charge in [-0.2, -0.15) is 0 Å². The Bertz CT molecular complexity index is 1930. The minimum atomic E-state index is -2.42. The van der Waals surface area contributed by atoms with Crippen molar-refractivity contribution in [1.29, 1.82) is 0 Å². The zero-order valence-corrected chi connectivity index (χ0v) is 54.4. The summed E-state index contributed by atoms with van der Waals surface area (Å²) in [5, 5.41) is 11.4. The van der Waals surface area contributed by atoms with Gasteiger partial charge in [0.15, 0.2) is 30.7 Å². The van der Waals surface area contributed by atoms with E-state index in [1.54, 1.807) is 6.08 Å². The molecule has 18 atom stereocenters. The van der Waals surface area contributed by atoms with Crippen LogP contribution in [0.3, 0.4) is 0 Å². The number of fused-ring (bicyclic) bond motifs is 1. The molecule has 0 bridgehead atoms. The van der Waals surface area contributed by atoms with E-state index in [1.807, 2.05) is 12.2 Å². The number of aliphatic hydroxyl groups excluding tert-OH is 1. The third-order valence-corrected chi connectivity index (χ3v) is 33.2. The Labute approximate surface area is 462 Å². The van der Waals surface area contributed by atoms with E-state index in [-0.39, 0.29) is 93.8 Å². The van der Waals surface area contributed by atoms with Crippen molar-refractivity contribution in [1.82, 2.24) is 0 Å². The lowest BCUT2D eigenvalue weighted by molar-refractivity contribution is -0.259. The number of hydrogen-bond acceptors (Lipinski definition) is 10. The molecule has 0 saturated carbocycles. The summed E-state index contributed by atoms with van der Waals surface area (Å²) < 4.78 is 56.6. The molecule has 5 heterocycles. The molecule has 75 heavy (non-hydrogen) atoms. The van der Waals surface area contributed by atoms with Gasteiger partial charge in [0.25, 0.3) is 0 Å². The van der Waals surface area contributed by atoms with Gasteiger partial charge in [0.1, 0.15) is 6.10 Å². The van der Waals surface area contributed by atoms with Crippen LogP contribution in [0.25, 0.3) is 0 Å². The van der Waals surface area contributed by atoms with E-state index in [1.165, 1.54) is 0 Å². The van der Waals surface area contributed by atoms with Gasteiger partial charge in [0.05, 0.1) is 79.4 Å². The third kappa shape index (κ3) is 16.1. The van der Waals surface area contributed by atoms with Gasteiger partial charge in [-0.25, -0.2) is 0 Å².